The van der Waals surface area contributed by atoms with E-state index >= 15 is 0 Å². The third-order valence-electron chi connectivity index (χ3n) is 5.56. The van der Waals surface area contributed by atoms with Crippen LogP contribution in [0.3, 0.4) is 0 Å². The Morgan fingerprint density at radius 2 is 1.69 bits per heavy atom. The highest BCUT2D eigenvalue weighted by Crippen LogP contribution is 2.28. The lowest BCUT2D eigenvalue weighted by Gasteiger charge is -2.06. The van der Waals surface area contributed by atoms with Crippen molar-refractivity contribution in [3.05, 3.63) is 113 Å². The summed E-state index contributed by atoms with van der Waals surface area (Å²) in [7, 11) is 0. The molecule has 0 aliphatic rings. The van der Waals surface area contributed by atoms with Crippen LogP contribution in [-0.2, 0) is 6.42 Å². The van der Waals surface area contributed by atoms with Crippen LogP contribution in [0.4, 0.5) is 5.69 Å². The minimum absolute atomic E-state index is 0.219. The van der Waals surface area contributed by atoms with Crippen LogP contribution in [0.15, 0.2) is 96.0 Å². The number of nitrogens with zero attached hydrogens (tertiary/aromatic N) is 2. The number of nitrogens with one attached hydrogen (secondary N) is 1. The van der Waals surface area contributed by atoms with E-state index in [1.807, 2.05) is 79.7 Å². The van der Waals surface area contributed by atoms with E-state index in [2.05, 4.69) is 17.1 Å². The van der Waals surface area contributed by atoms with E-state index in [9.17, 15) is 5.11 Å². The van der Waals surface area contributed by atoms with Crippen molar-refractivity contribution >= 4 is 22.9 Å². The summed E-state index contributed by atoms with van der Waals surface area (Å²) in [6.45, 7) is 2.03. The summed E-state index contributed by atoms with van der Waals surface area (Å²) in [4.78, 5) is 12.8. The first-order chi connectivity index (χ1) is 15.7. The molecule has 4 nitrogen and oxygen atoms in total. The third-order valence-corrected chi connectivity index (χ3v) is 5.56. The van der Waals surface area contributed by atoms with Gasteiger partial charge in [0.1, 0.15) is 11.6 Å². The number of benzene rings is 4. The van der Waals surface area contributed by atoms with E-state index in [0.717, 1.165) is 45.7 Å². The monoisotopic (exact) mass is 417 g/mol. The maximum absolute atomic E-state index is 10.4. The molecule has 1 aromatic heterocycles. The van der Waals surface area contributed by atoms with Crippen molar-refractivity contribution in [1.82, 2.24) is 9.97 Å². The molecule has 1 heterocycles. The Morgan fingerprint density at radius 3 is 2.53 bits per heavy atom. The topological polar surface area (TPSA) is 61.3 Å². The number of para-hydroxylation sites is 2. The minimum Gasteiger partial charge on any atom is -0.507 e. The standard InChI is InChI=1S/C28H23N3O/c1-19-11-13-22(28-30-24-9-5-6-10-25(24)31-28)17-26(19)29-18-23-16-21(12-14-27(23)32)15-20-7-3-2-4-8-20/h2-14,16-18,32H,15H2,1H3,(H,30,31). The average Bonchev–Trinajstić information content (AvgIpc) is 3.25. The Labute approximate surface area is 186 Å². The highest BCUT2D eigenvalue weighted by Gasteiger charge is 2.08. The Hall–Kier alpha value is -4.18. The smallest absolute Gasteiger partial charge is 0.138 e. The number of hydrogen-bond donors (Lipinski definition) is 2. The average molecular weight is 418 g/mol. The Balaban J connectivity index is 1.44. The molecule has 0 fully saturated rings. The molecule has 0 spiro atoms. The van der Waals surface area contributed by atoms with E-state index < -0.39 is 0 Å². The van der Waals surface area contributed by atoms with Crippen LogP contribution < -0.4 is 0 Å². The molecule has 4 aromatic carbocycles. The molecule has 156 valence electrons. The van der Waals surface area contributed by atoms with Crippen molar-refractivity contribution in [3.63, 3.8) is 0 Å². The van der Waals surface area contributed by atoms with Gasteiger partial charge in [0.2, 0.25) is 0 Å². The second-order valence-corrected chi connectivity index (χ2v) is 7.92. The number of aliphatic imine (C=N–C) groups is 1. The van der Waals surface area contributed by atoms with Gasteiger partial charge in [-0.3, -0.25) is 4.99 Å². The van der Waals surface area contributed by atoms with Gasteiger partial charge in [-0.1, -0.05) is 60.7 Å². The van der Waals surface area contributed by atoms with Crippen LogP contribution >= 0.6 is 0 Å². The minimum atomic E-state index is 0.219. The second kappa shape index (κ2) is 8.52. The van der Waals surface area contributed by atoms with E-state index in [4.69, 9.17) is 9.98 Å². The van der Waals surface area contributed by atoms with Gasteiger partial charge in [0.15, 0.2) is 0 Å². The SMILES string of the molecule is Cc1ccc(-c2nc3ccccc3[nH]2)cc1N=Cc1cc(Cc2ccccc2)ccc1O. The number of aromatic nitrogens is 2. The molecule has 32 heavy (non-hydrogen) atoms. The molecule has 5 aromatic rings. The molecule has 0 aliphatic heterocycles. The lowest BCUT2D eigenvalue weighted by Crippen LogP contribution is -1.91. The van der Waals surface area contributed by atoms with Crippen LogP contribution in [0, 0.1) is 6.92 Å². The van der Waals surface area contributed by atoms with Gasteiger partial charge in [0.05, 0.1) is 16.7 Å². The molecule has 2 N–H and O–H groups in total. The molecule has 0 aliphatic carbocycles. The number of H-pyrrole nitrogens is 1. The zero-order chi connectivity index (χ0) is 21.9. The maximum atomic E-state index is 10.4. The molecule has 0 amide bonds. The van der Waals surface area contributed by atoms with E-state index in [1.54, 1.807) is 12.3 Å². The van der Waals surface area contributed by atoms with Crippen LogP contribution in [0.2, 0.25) is 0 Å². The third kappa shape index (κ3) is 4.16. The second-order valence-electron chi connectivity index (χ2n) is 7.92. The summed E-state index contributed by atoms with van der Waals surface area (Å²) < 4.78 is 0. The number of imidazole rings is 1. The van der Waals surface area contributed by atoms with Gasteiger partial charge < -0.3 is 10.1 Å². The fourth-order valence-corrected chi connectivity index (χ4v) is 3.77. The number of aromatic hydroxyl groups is 1. The molecular weight excluding hydrogens is 394 g/mol. The Bertz CT molecular complexity index is 1380. The molecule has 0 saturated heterocycles. The van der Waals surface area contributed by atoms with Gasteiger partial charge in [-0.05, 0) is 60.4 Å². The zero-order valence-electron chi connectivity index (χ0n) is 17.8. The number of phenols is 1. The fourth-order valence-electron chi connectivity index (χ4n) is 3.77. The van der Waals surface area contributed by atoms with Crippen LogP contribution in [0.25, 0.3) is 22.4 Å². The van der Waals surface area contributed by atoms with Crippen molar-refractivity contribution in [2.24, 2.45) is 4.99 Å². The van der Waals surface area contributed by atoms with Crippen molar-refractivity contribution in [3.8, 4) is 17.1 Å². The van der Waals surface area contributed by atoms with Gasteiger partial charge in [-0.2, -0.15) is 0 Å². The first-order valence-electron chi connectivity index (χ1n) is 10.6. The number of aromatic amines is 1. The van der Waals surface area contributed by atoms with Crippen molar-refractivity contribution in [2.75, 3.05) is 0 Å². The van der Waals surface area contributed by atoms with Gasteiger partial charge >= 0.3 is 0 Å². The van der Waals surface area contributed by atoms with Gasteiger partial charge in [0, 0.05) is 17.3 Å². The summed E-state index contributed by atoms with van der Waals surface area (Å²) in [5, 5.41) is 10.4. The lowest BCUT2D eigenvalue weighted by atomic mass is 10.0. The molecule has 0 saturated carbocycles. The first kappa shape index (κ1) is 19.8. The van der Waals surface area contributed by atoms with E-state index in [0.29, 0.717) is 5.56 Å². The largest absolute Gasteiger partial charge is 0.507 e. The summed E-state index contributed by atoms with van der Waals surface area (Å²) in [6.07, 6.45) is 2.54. The number of aryl methyl sites for hydroxylation is 1. The van der Waals surface area contributed by atoms with Crippen molar-refractivity contribution < 1.29 is 5.11 Å². The number of hydrogen-bond acceptors (Lipinski definition) is 3. The molecule has 0 unspecified atom stereocenters. The molecule has 0 atom stereocenters. The molecule has 0 bridgehead atoms. The highest BCUT2D eigenvalue weighted by molar-refractivity contribution is 5.86. The summed E-state index contributed by atoms with van der Waals surface area (Å²) in [5.74, 6) is 1.03. The summed E-state index contributed by atoms with van der Waals surface area (Å²) >= 11 is 0. The maximum Gasteiger partial charge on any atom is 0.138 e. The molecular formula is C28H23N3O. The van der Waals surface area contributed by atoms with Crippen LogP contribution in [0.1, 0.15) is 22.3 Å². The first-order valence-corrected chi connectivity index (χ1v) is 10.6. The van der Waals surface area contributed by atoms with E-state index in [-0.39, 0.29) is 5.75 Å². The number of fused-ring (bicyclic) bond motifs is 1. The van der Waals surface area contributed by atoms with Gasteiger partial charge in [-0.15, -0.1) is 0 Å². The van der Waals surface area contributed by atoms with Gasteiger partial charge in [0.25, 0.3) is 0 Å². The number of phenolic OH excluding ortho intramolecular Hbond substituents is 1. The van der Waals surface area contributed by atoms with Crippen molar-refractivity contribution in [1.29, 1.82) is 0 Å². The van der Waals surface area contributed by atoms with Crippen LogP contribution in [-0.4, -0.2) is 21.3 Å². The van der Waals surface area contributed by atoms with Crippen molar-refractivity contribution in [2.45, 2.75) is 13.3 Å². The highest BCUT2D eigenvalue weighted by atomic mass is 16.3. The molecule has 4 heteroatoms. The Kier molecular flexibility index (Phi) is 5.26. The van der Waals surface area contributed by atoms with Gasteiger partial charge in [-0.25, -0.2) is 4.98 Å². The lowest BCUT2D eigenvalue weighted by molar-refractivity contribution is 0.474. The molecule has 0 radical (unpaired) electrons. The normalized spacial score (nSPS) is 11.4. The predicted molar refractivity (Wildman–Crippen MR) is 131 cm³/mol. The van der Waals surface area contributed by atoms with Crippen LogP contribution in [0.5, 0.6) is 5.75 Å². The quantitative estimate of drug-likeness (QED) is 0.317. The van der Waals surface area contributed by atoms with E-state index in [1.165, 1.54) is 5.56 Å². The fraction of sp³-hybridized carbons (Fsp3) is 0.0714. The summed E-state index contributed by atoms with van der Waals surface area (Å²) in [5.41, 5.74) is 7.88. The molecule has 5 rings (SSSR count). The number of rotatable bonds is 5. The summed E-state index contributed by atoms with van der Waals surface area (Å²) in [6, 6.07) is 30.1. The predicted octanol–water partition coefficient (Wildman–Crippen LogP) is 6.59. The Morgan fingerprint density at radius 1 is 0.875 bits per heavy atom. The zero-order valence-corrected chi connectivity index (χ0v) is 17.8.